The zero-order valence-corrected chi connectivity index (χ0v) is 11.8. The molecule has 1 fully saturated rings. The minimum atomic E-state index is -1.00. The molecule has 0 aromatic heterocycles. The lowest BCUT2D eigenvalue weighted by Gasteiger charge is -2.27. The molecular formula is C14H17FO3S. The lowest BCUT2D eigenvalue weighted by Crippen LogP contribution is -2.33. The molecule has 0 atom stereocenters. The number of benzene rings is 1. The van der Waals surface area contributed by atoms with Crippen LogP contribution in [0.3, 0.4) is 0 Å². The fourth-order valence-corrected chi connectivity index (χ4v) is 3.47. The quantitative estimate of drug-likeness (QED) is 0.860. The highest BCUT2D eigenvalue weighted by Gasteiger charge is 2.45. The summed E-state index contributed by atoms with van der Waals surface area (Å²) in [6, 6.07) is 2.70. The van der Waals surface area contributed by atoms with E-state index < -0.39 is 17.2 Å². The molecule has 1 aromatic carbocycles. The molecule has 0 bridgehead atoms. The smallest absolute Gasteiger partial charge is 0.314 e. The van der Waals surface area contributed by atoms with Crippen molar-refractivity contribution in [2.24, 2.45) is 0 Å². The van der Waals surface area contributed by atoms with Gasteiger partial charge < -0.3 is 9.84 Å². The predicted octanol–water partition coefficient (Wildman–Crippen LogP) is 3.45. The highest BCUT2D eigenvalue weighted by Crippen LogP contribution is 2.47. The van der Waals surface area contributed by atoms with Crippen LogP contribution in [0, 0.1) is 5.82 Å². The van der Waals surface area contributed by atoms with Crippen molar-refractivity contribution in [2.75, 3.05) is 13.4 Å². The minimum Gasteiger partial charge on any atom is -0.495 e. The number of methoxy groups -OCH3 is 1. The maximum Gasteiger partial charge on any atom is 0.314 e. The summed E-state index contributed by atoms with van der Waals surface area (Å²) in [5.41, 5.74) is -0.526. The number of halogens is 1. The molecule has 2 rings (SSSR count). The molecule has 5 heteroatoms. The Morgan fingerprint density at radius 2 is 2.05 bits per heavy atom. The molecule has 104 valence electrons. The van der Waals surface area contributed by atoms with Crippen molar-refractivity contribution in [1.29, 1.82) is 0 Å². The second-order valence-corrected chi connectivity index (χ2v) is 5.63. The van der Waals surface area contributed by atoms with Crippen LogP contribution in [0.15, 0.2) is 17.0 Å². The Morgan fingerprint density at radius 1 is 1.42 bits per heavy atom. The first-order valence-electron chi connectivity index (χ1n) is 6.20. The Hall–Kier alpha value is -1.23. The zero-order valence-electron chi connectivity index (χ0n) is 11.0. The molecule has 0 aliphatic heterocycles. The Bertz CT molecular complexity index is 496. The van der Waals surface area contributed by atoms with E-state index in [1.165, 1.54) is 31.0 Å². The van der Waals surface area contributed by atoms with E-state index >= 15 is 0 Å². The molecule has 0 radical (unpaired) electrons. The lowest BCUT2D eigenvalue weighted by atomic mass is 9.78. The third kappa shape index (κ3) is 2.31. The van der Waals surface area contributed by atoms with Gasteiger partial charge in [-0.25, -0.2) is 4.39 Å². The van der Waals surface area contributed by atoms with Crippen molar-refractivity contribution in [3.05, 3.63) is 23.5 Å². The Morgan fingerprint density at radius 3 is 2.53 bits per heavy atom. The van der Waals surface area contributed by atoms with Gasteiger partial charge in [0.05, 0.1) is 17.4 Å². The first-order chi connectivity index (χ1) is 9.05. The van der Waals surface area contributed by atoms with E-state index in [1.54, 1.807) is 0 Å². The highest BCUT2D eigenvalue weighted by molar-refractivity contribution is 7.98. The number of hydrogen-bond acceptors (Lipinski definition) is 3. The van der Waals surface area contributed by atoms with E-state index in [1.807, 2.05) is 6.26 Å². The fourth-order valence-electron chi connectivity index (χ4n) is 2.86. The fraction of sp³-hybridized carbons (Fsp3) is 0.500. The monoisotopic (exact) mass is 284 g/mol. The van der Waals surface area contributed by atoms with Gasteiger partial charge in [0.1, 0.15) is 11.6 Å². The Labute approximate surface area is 116 Å². The first kappa shape index (κ1) is 14.2. The average Bonchev–Trinajstić information content (AvgIpc) is 2.88. The van der Waals surface area contributed by atoms with E-state index in [4.69, 9.17) is 4.74 Å². The molecule has 3 nitrogen and oxygen atoms in total. The van der Waals surface area contributed by atoms with Crippen LogP contribution in [0.4, 0.5) is 4.39 Å². The van der Waals surface area contributed by atoms with Crippen molar-refractivity contribution in [2.45, 2.75) is 36.0 Å². The number of rotatable bonds is 4. The van der Waals surface area contributed by atoms with Crippen LogP contribution >= 0.6 is 11.8 Å². The number of hydrogen-bond donors (Lipinski definition) is 1. The predicted molar refractivity (Wildman–Crippen MR) is 72.5 cm³/mol. The lowest BCUT2D eigenvalue weighted by molar-refractivity contribution is -0.143. The van der Waals surface area contributed by atoms with E-state index in [-0.39, 0.29) is 0 Å². The Kier molecular flexibility index (Phi) is 4.04. The molecule has 1 aromatic rings. The normalized spacial score (nSPS) is 17.4. The maximum atomic E-state index is 13.8. The molecule has 0 heterocycles. The molecule has 0 unspecified atom stereocenters. The highest BCUT2D eigenvalue weighted by atomic mass is 32.2. The van der Waals surface area contributed by atoms with Gasteiger partial charge in [-0.05, 0) is 31.2 Å². The topological polar surface area (TPSA) is 46.5 Å². The van der Waals surface area contributed by atoms with Crippen LogP contribution in [0.1, 0.15) is 31.2 Å². The van der Waals surface area contributed by atoms with Crippen molar-refractivity contribution in [3.63, 3.8) is 0 Å². The summed E-state index contributed by atoms with van der Waals surface area (Å²) in [5.74, 6) is -0.799. The minimum absolute atomic E-state index is 0.410. The number of aliphatic carboxylic acids is 1. The van der Waals surface area contributed by atoms with Gasteiger partial charge in [0.25, 0.3) is 0 Å². The van der Waals surface area contributed by atoms with Gasteiger partial charge in [-0.15, -0.1) is 11.8 Å². The average molecular weight is 284 g/mol. The third-order valence-electron chi connectivity index (χ3n) is 3.83. The molecule has 1 aliphatic carbocycles. The standard InChI is InChI=1S/C14H17FO3S/c1-18-12-10(7-9(15)8-11(12)19-2)14(13(16)17)5-3-4-6-14/h7-8H,3-6H2,1-2H3,(H,16,17). The summed E-state index contributed by atoms with van der Waals surface area (Å²) >= 11 is 1.36. The van der Waals surface area contributed by atoms with Crippen molar-refractivity contribution in [1.82, 2.24) is 0 Å². The summed E-state index contributed by atoms with van der Waals surface area (Å²) in [5, 5.41) is 9.61. The number of thioether (sulfide) groups is 1. The number of carbonyl (C=O) groups is 1. The molecule has 1 saturated carbocycles. The van der Waals surface area contributed by atoms with E-state index in [0.717, 1.165) is 12.8 Å². The van der Waals surface area contributed by atoms with E-state index in [9.17, 15) is 14.3 Å². The van der Waals surface area contributed by atoms with Gasteiger partial charge in [-0.2, -0.15) is 0 Å². The van der Waals surface area contributed by atoms with Crippen LogP contribution in [0.5, 0.6) is 5.75 Å². The van der Waals surface area contributed by atoms with E-state index in [0.29, 0.717) is 29.1 Å². The summed E-state index contributed by atoms with van der Waals surface area (Å²) in [6.45, 7) is 0. The SMILES string of the molecule is COc1c(SC)cc(F)cc1C1(C(=O)O)CCCC1. The van der Waals surface area contributed by atoms with Gasteiger partial charge in [-0.1, -0.05) is 12.8 Å². The van der Waals surface area contributed by atoms with Crippen LogP contribution < -0.4 is 4.74 Å². The summed E-state index contributed by atoms with van der Waals surface area (Å²) in [7, 11) is 1.50. The van der Waals surface area contributed by atoms with Gasteiger partial charge in [0, 0.05) is 5.56 Å². The first-order valence-corrected chi connectivity index (χ1v) is 7.43. The van der Waals surface area contributed by atoms with Gasteiger partial charge in [0.15, 0.2) is 0 Å². The zero-order chi connectivity index (χ0) is 14.0. The second-order valence-electron chi connectivity index (χ2n) is 4.78. The molecule has 1 N–H and O–H groups in total. The second kappa shape index (κ2) is 5.41. The maximum absolute atomic E-state index is 13.8. The van der Waals surface area contributed by atoms with Crippen LogP contribution in [0.2, 0.25) is 0 Å². The molecule has 0 amide bonds. The number of ether oxygens (including phenoxy) is 1. The van der Waals surface area contributed by atoms with Gasteiger partial charge in [-0.3, -0.25) is 4.79 Å². The molecule has 19 heavy (non-hydrogen) atoms. The summed E-state index contributed by atoms with van der Waals surface area (Å²) < 4.78 is 19.1. The summed E-state index contributed by atoms with van der Waals surface area (Å²) in [4.78, 5) is 12.4. The summed E-state index contributed by atoms with van der Waals surface area (Å²) in [6.07, 6.45) is 4.59. The molecule has 0 saturated heterocycles. The van der Waals surface area contributed by atoms with Crippen molar-refractivity contribution >= 4 is 17.7 Å². The largest absolute Gasteiger partial charge is 0.495 e. The van der Waals surface area contributed by atoms with Crippen LogP contribution in [-0.4, -0.2) is 24.4 Å². The van der Waals surface area contributed by atoms with Crippen molar-refractivity contribution in [3.8, 4) is 5.75 Å². The number of carboxylic acids is 1. The third-order valence-corrected chi connectivity index (χ3v) is 4.57. The van der Waals surface area contributed by atoms with E-state index in [2.05, 4.69) is 0 Å². The van der Waals surface area contributed by atoms with Crippen LogP contribution in [0.25, 0.3) is 0 Å². The number of carboxylic acid groups (broad SMARTS) is 1. The van der Waals surface area contributed by atoms with Crippen molar-refractivity contribution < 1.29 is 19.0 Å². The van der Waals surface area contributed by atoms with Crippen LogP contribution in [-0.2, 0) is 10.2 Å². The molecule has 1 aliphatic rings. The van der Waals surface area contributed by atoms with Gasteiger partial charge in [0.2, 0.25) is 0 Å². The Balaban J connectivity index is 2.65. The van der Waals surface area contributed by atoms with Gasteiger partial charge >= 0.3 is 5.97 Å². The molecule has 0 spiro atoms. The molecular weight excluding hydrogens is 267 g/mol.